The Morgan fingerprint density at radius 2 is 2.16 bits per heavy atom. The Balaban J connectivity index is 2.18. The van der Waals surface area contributed by atoms with Gasteiger partial charge in [0.15, 0.2) is 0 Å². The highest BCUT2D eigenvalue weighted by Crippen LogP contribution is 2.28. The molecule has 0 saturated carbocycles. The molecule has 19 heavy (non-hydrogen) atoms. The van der Waals surface area contributed by atoms with Gasteiger partial charge in [0.1, 0.15) is 5.84 Å². The monoisotopic (exact) mass is 281 g/mol. The molecule has 1 aromatic carbocycles. The second kappa shape index (κ2) is 5.39. The highest BCUT2D eigenvalue weighted by molar-refractivity contribution is 6.34. The molecule has 1 atom stereocenters. The summed E-state index contributed by atoms with van der Waals surface area (Å²) in [5.41, 5.74) is 6.47. The zero-order chi connectivity index (χ0) is 14.0. The minimum absolute atomic E-state index is 0.0182. The van der Waals surface area contributed by atoms with Crippen molar-refractivity contribution in [3.05, 3.63) is 28.8 Å². The number of hydrogen-bond acceptors (Lipinski definition) is 3. The smallest absolute Gasteiger partial charge is 0.124 e. The molecular formula is C14H20ClN3O. The van der Waals surface area contributed by atoms with Crippen LogP contribution in [-0.2, 0) is 0 Å². The largest absolute Gasteiger partial charge is 0.390 e. The van der Waals surface area contributed by atoms with Crippen LogP contribution in [0.3, 0.4) is 0 Å². The number of nitrogen functional groups attached to an aromatic ring is 1. The summed E-state index contributed by atoms with van der Waals surface area (Å²) >= 11 is 6.14. The standard InChI is InChI=1S/C14H20ClN3O/c1-14(19)5-2-7-18(8-6-14)10-3-4-11(13(16)17)12(15)9-10/h3-4,9,19H,2,5-8H2,1H3,(H3,16,17). The van der Waals surface area contributed by atoms with E-state index in [1.807, 2.05) is 19.1 Å². The molecule has 1 aromatic rings. The van der Waals surface area contributed by atoms with E-state index >= 15 is 0 Å². The van der Waals surface area contributed by atoms with E-state index in [2.05, 4.69) is 4.90 Å². The SMILES string of the molecule is CC1(O)CCCN(c2ccc(C(=N)N)c(Cl)c2)CC1. The van der Waals surface area contributed by atoms with Crippen molar-refractivity contribution in [3.8, 4) is 0 Å². The predicted molar refractivity (Wildman–Crippen MR) is 79.2 cm³/mol. The summed E-state index contributed by atoms with van der Waals surface area (Å²) < 4.78 is 0. The maximum absolute atomic E-state index is 10.1. The number of halogens is 1. The van der Waals surface area contributed by atoms with Crippen molar-refractivity contribution < 1.29 is 5.11 Å². The molecule has 4 nitrogen and oxygen atoms in total. The molecule has 1 heterocycles. The van der Waals surface area contributed by atoms with Gasteiger partial charge in [0.2, 0.25) is 0 Å². The molecule has 1 aliphatic heterocycles. The van der Waals surface area contributed by atoms with Crippen molar-refractivity contribution in [1.82, 2.24) is 0 Å². The quantitative estimate of drug-likeness (QED) is 0.575. The lowest BCUT2D eigenvalue weighted by Gasteiger charge is -2.24. The second-order valence-corrected chi connectivity index (χ2v) is 5.82. The maximum Gasteiger partial charge on any atom is 0.124 e. The van der Waals surface area contributed by atoms with E-state index in [-0.39, 0.29) is 5.84 Å². The molecule has 0 aromatic heterocycles. The molecule has 1 fully saturated rings. The molecule has 0 aliphatic carbocycles. The highest BCUT2D eigenvalue weighted by Gasteiger charge is 2.25. The van der Waals surface area contributed by atoms with Crippen LogP contribution in [0.15, 0.2) is 18.2 Å². The lowest BCUT2D eigenvalue weighted by molar-refractivity contribution is 0.0481. The normalized spacial score (nSPS) is 24.1. The molecule has 104 valence electrons. The van der Waals surface area contributed by atoms with Crippen LogP contribution in [0.4, 0.5) is 5.69 Å². The van der Waals surface area contributed by atoms with E-state index in [4.69, 9.17) is 22.7 Å². The Morgan fingerprint density at radius 3 is 2.79 bits per heavy atom. The van der Waals surface area contributed by atoms with E-state index in [0.717, 1.165) is 38.0 Å². The second-order valence-electron chi connectivity index (χ2n) is 5.42. The summed E-state index contributed by atoms with van der Waals surface area (Å²) in [6.07, 6.45) is 2.53. The molecule has 5 heteroatoms. The topological polar surface area (TPSA) is 73.3 Å². The fourth-order valence-corrected chi connectivity index (χ4v) is 2.72. The molecule has 0 radical (unpaired) electrons. The Morgan fingerprint density at radius 1 is 1.42 bits per heavy atom. The lowest BCUT2D eigenvalue weighted by Crippen LogP contribution is -2.28. The zero-order valence-electron chi connectivity index (χ0n) is 11.1. The van der Waals surface area contributed by atoms with E-state index in [9.17, 15) is 5.11 Å². The third-order valence-corrected chi connectivity index (χ3v) is 3.98. The van der Waals surface area contributed by atoms with Gasteiger partial charge in [-0.15, -0.1) is 0 Å². The van der Waals surface area contributed by atoms with Crippen molar-refractivity contribution >= 4 is 23.1 Å². The molecule has 2 rings (SSSR count). The Hall–Kier alpha value is -1.26. The number of hydrogen-bond donors (Lipinski definition) is 3. The average molecular weight is 282 g/mol. The Labute approximate surface area is 118 Å². The van der Waals surface area contributed by atoms with Crippen molar-refractivity contribution in [1.29, 1.82) is 5.41 Å². The van der Waals surface area contributed by atoms with E-state index in [1.54, 1.807) is 6.07 Å². The summed E-state index contributed by atoms with van der Waals surface area (Å²) in [5, 5.41) is 18.0. The molecule has 0 bridgehead atoms. The van der Waals surface area contributed by atoms with Crippen molar-refractivity contribution in [2.45, 2.75) is 31.8 Å². The third-order valence-electron chi connectivity index (χ3n) is 3.67. The van der Waals surface area contributed by atoms with Gasteiger partial charge in [-0.2, -0.15) is 0 Å². The van der Waals surface area contributed by atoms with Crippen LogP contribution >= 0.6 is 11.6 Å². The molecule has 1 unspecified atom stereocenters. The first-order valence-corrected chi connectivity index (χ1v) is 6.88. The van der Waals surface area contributed by atoms with Crippen LogP contribution in [0.1, 0.15) is 31.7 Å². The summed E-state index contributed by atoms with van der Waals surface area (Å²) in [6, 6.07) is 5.56. The predicted octanol–water partition coefficient (Wildman–Crippen LogP) is 2.37. The first-order valence-electron chi connectivity index (χ1n) is 6.50. The van der Waals surface area contributed by atoms with Crippen LogP contribution in [0.25, 0.3) is 0 Å². The molecule has 1 aliphatic rings. The summed E-state index contributed by atoms with van der Waals surface area (Å²) in [7, 11) is 0. The van der Waals surface area contributed by atoms with Crippen LogP contribution in [0, 0.1) is 5.41 Å². The van der Waals surface area contributed by atoms with Crippen LogP contribution in [0.2, 0.25) is 5.02 Å². The molecule has 4 N–H and O–H groups in total. The molecule has 0 spiro atoms. The Kier molecular flexibility index (Phi) is 4.02. The summed E-state index contributed by atoms with van der Waals surface area (Å²) in [6.45, 7) is 3.61. The van der Waals surface area contributed by atoms with Crippen LogP contribution in [-0.4, -0.2) is 29.6 Å². The van der Waals surface area contributed by atoms with E-state index in [1.165, 1.54) is 0 Å². The van der Waals surface area contributed by atoms with E-state index in [0.29, 0.717) is 10.6 Å². The Bertz CT molecular complexity index is 488. The van der Waals surface area contributed by atoms with Crippen molar-refractivity contribution in [3.63, 3.8) is 0 Å². The summed E-state index contributed by atoms with van der Waals surface area (Å²) in [5.74, 6) is -0.0182. The number of nitrogens with zero attached hydrogens (tertiary/aromatic N) is 1. The molecular weight excluding hydrogens is 262 g/mol. The van der Waals surface area contributed by atoms with E-state index < -0.39 is 5.60 Å². The fourth-order valence-electron chi connectivity index (χ4n) is 2.44. The fraction of sp³-hybridized carbons (Fsp3) is 0.500. The molecule has 1 saturated heterocycles. The highest BCUT2D eigenvalue weighted by atomic mass is 35.5. The van der Waals surface area contributed by atoms with Gasteiger partial charge in [0, 0.05) is 24.3 Å². The minimum atomic E-state index is -0.572. The molecule has 0 amide bonds. The number of amidine groups is 1. The van der Waals surface area contributed by atoms with Gasteiger partial charge in [0.05, 0.1) is 10.6 Å². The third kappa shape index (κ3) is 3.39. The van der Waals surface area contributed by atoms with Crippen LogP contribution in [0.5, 0.6) is 0 Å². The van der Waals surface area contributed by atoms with Gasteiger partial charge in [0.25, 0.3) is 0 Å². The lowest BCUT2D eigenvalue weighted by atomic mass is 9.98. The van der Waals surface area contributed by atoms with Crippen molar-refractivity contribution in [2.24, 2.45) is 5.73 Å². The van der Waals surface area contributed by atoms with Gasteiger partial charge in [-0.3, -0.25) is 5.41 Å². The number of nitrogens with one attached hydrogen (secondary N) is 1. The van der Waals surface area contributed by atoms with Gasteiger partial charge < -0.3 is 15.7 Å². The first kappa shape index (κ1) is 14.2. The zero-order valence-corrected chi connectivity index (χ0v) is 11.9. The van der Waals surface area contributed by atoms with Gasteiger partial charge in [-0.1, -0.05) is 11.6 Å². The maximum atomic E-state index is 10.1. The average Bonchev–Trinajstić information content (AvgIpc) is 2.49. The van der Waals surface area contributed by atoms with Gasteiger partial charge in [-0.25, -0.2) is 0 Å². The number of anilines is 1. The number of benzene rings is 1. The van der Waals surface area contributed by atoms with Gasteiger partial charge >= 0.3 is 0 Å². The minimum Gasteiger partial charge on any atom is -0.390 e. The number of aliphatic hydroxyl groups is 1. The van der Waals surface area contributed by atoms with Gasteiger partial charge in [-0.05, 0) is 44.4 Å². The van der Waals surface area contributed by atoms with Crippen LogP contribution < -0.4 is 10.6 Å². The number of rotatable bonds is 2. The number of nitrogens with two attached hydrogens (primary N) is 1. The van der Waals surface area contributed by atoms with Crippen molar-refractivity contribution in [2.75, 3.05) is 18.0 Å². The first-order chi connectivity index (χ1) is 8.89. The summed E-state index contributed by atoms with van der Waals surface area (Å²) in [4.78, 5) is 2.22.